The van der Waals surface area contributed by atoms with Crippen molar-refractivity contribution >= 4 is 17.3 Å². The van der Waals surface area contributed by atoms with Gasteiger partial charge in [-0.3, -0.25) is 4.79 Å². The van der Waals surface area contributed by atoms with Gasteiger partial charge in [-0.15, -0.1) is 0 Å². The number of aryl methyl sites for hydroxylation is 1. The molecule has 0 atom stereocenters. The van der Waals surface area contributed by atoms with E-state index in [9.17, 15) is 4.79 Å². The van der Waals surface area contributed by atoms with Crippen LogP contribution in [-0.4, -0.2) is 30.0 Å². The lowest BCUT2D eigenvalue weighted by Crippen LogP contribution is -2.40. The fraction of sp³-hybridized carbons (Fsp3) is 0.412. The van der Waals surface area contributed by atoms with Gasteiger partial charge in [0, 0.05) is 25.2 Å². The highest BCUT2D eigenvalue weighted by Crippen LogP contribution is 2.37. The Kier molecular flexibility index (Phi) is 4.68. The second-order valence-corrected chi connectivity index (χ2v) is 6.37. The van der Waals surface area contributed by atoms with Crippen LogP contribution in [0.2, 0.25) is 5.02 Å². The smallest absolute Gasteiger partial charge is 0.285 e. The minimum atomic E-state index is -0.381. The number of nitrogens with zero attached hydrogens (tertiary/aromatic N) is 1. The zero-order chi connectivity index (χ0) is 16.3. The highest BCUT2D eigenvalue weighted by molar-refractivity contribution is 6.32. The van der Waals surface area contributed by atoms with E-state index in [1.54, 1.807) is 6.20 Å². The van der Waals surface area contributed by atoms with Gasteiger partial charge in [0.05, 0.1) is 11.9 Å². The third-order valence-electron chi connectivity index (χ3n) is 4.58. The van der Waals surface area contributed by atoms with E-state index in [1.807, 2.05) is 0 Å². The maximum atomic E-state index is 11.6. The van der Waals surface area contributed by atoms with Gasteiger partial charge < -0.3 is 10.1 Å². The van der Waals surface area contributed by atoms with Crippen LogP contribution in [-0.2, 0) is 10.2 Å². The van der Waals surface area contributed by atoms with Crippen molar-refractivity contribution in [2.75, 3.05) is 25.1 Å². The first-order valence-corrected chi connectivity index (χ1v) is 8.11. The number of benzene rings is 1. The van der Waals surface area contributed by atoms with Gasteiger partial charge in [0.2, 0.25) is 0 Å². The fourth-order valence-corrected chi connectivity index (χ4v) is 3.40. The van der Waals surface area contributed by atoms with Crippen LogP contribution in [0.25, 0.3) is 0 Å². The summed E-state index contributed by atoms with van der Waals surface area (Å²) in [4.78, 5) is 11.6. The molecular formula is C17H20ClN3O2. The Hall–Kier alpha value is -1.85. The molecule has 3 rings (SSSR count). The van der Waals surface area contributed by atoms with Gasteiger partial charge in [0.15, 0.2) is 0 Å². The molecule has 1 aromatic carbocycles. The summed E-state index contributed by atoms with van der Waals surface area (Å²) in [5.74, 6) is 0. The summed E-state index contributed by atoms with van der Waals surface area (Å²) in [7, 11) is 0. The first kappa shape index (κ1) is 16.0. The third kappa shape index (κ3) is 3.26. The van der Waals surface area contributed by atoms with Crippen LogP contribution < -0.4 is 10.9 Å². The predicted octanol–water partition coefficient (Wildman–Crippen LogP) is 2.89. The van der Waals surface area contributed by atoms with Gasteiger partial charge in [0.1, 0.15) is 5.02 Å². The van der Waals surface area contributed by atoms with E-state index >= 15 is 0 Å². The molecule has 6 heteroatoms. The Bertz CT molecular complexity index is 739. The molecule has 0 spiro atoms. The van der Waals surface area contributed by atoms with Crippen LogP contribution >= 0.6 is 11.6 Å². The minimum Gasteiger partial charge on any atom is -0.381 e. The number of ether oxygens (including phenoxy) is 1. The van der Waals surface area contributed by atoms with Crippen molar-refractivity contribution in [3.8, 4) is 0 Å². The molecule has 1 aliphatic heterocycles. The Balaban J connectivity index is 1.90. The van der Waals surface area contributed by atoms with E-state index in [2.05, 4.69) is 46.7 Å². The number of hydrogen-bond donors (Lipinski definition) is 2. The molecule has 122 valence electrons. The highest BCUT2D eigenvalue weighted by atomic mass is 35.5. The summed E-state index contributed by atoms with van der Waals surface area (Å²) < 4.78 is 5.56. The van der Waals surface area contributed by atoms with Crippen LogP contribution in [0.1, 0.15) is 24.0 Å². The van der Waals surface area contributed by atoms with Gasteiger partial charge in [0.25, 0.3) is 5.56 Å². The lowest BCUT2D eigenvalue weighted by Gasteiger charge is -2.39. The molecular weight excluding hydrogens is 314 g/mol. The summed E-state index contributed by atoms with van der Waals surface area (Å²) in [6.07, 6.45) is 3.41. The molecule has 0 aliphatic carbocycles. The van der Waals surface area contributed by atoms with Crippen molar-refractivity contribution in [1.29, 1.82) is 0 Å². The molecule has 0 radical (unpaired) electrons. The second kappa shape index (κ2) is 6.72. The molecule has 0 bridgehead atoms. The monoisotopic (exact) mass is 333 g/mol. The van der Waals surface area contributed by atoms with Crippen molar-refractivity contribution in [2.45, 2.75) is 25.2 Å². The largest absolute Gasteiger partial charge is 0.381 e. The van der Waals surface area contributed by atoms with Gasteiger partial charge in [-0.25, -0.2) is 5.10 Å². The Morgan fingerprint density at radius 1 is 1.35 bits per heavy atom. The minimum absolute atomic E-state index is 0.0322. The lowest BCUT2D eigenvalue weighted by molar-refractivity contribution is 0.0542. The normalized spacial score (nSPS) is 17.0. The molecule has 1 aliphatic rings. The number of halogens is 1. The summed E-state index contributed by atoms with van der Waals surface area (Å²) in [5, 5.41) is 9.61. The third-order valence-corrected chi connectivity index (χ3v) is 4.95. The van der Waals surface area contributed by atoms with Crippen molar-refractivity contribution in [3.05, 3.63) is 57.0 Å². The molecule has 1 aromatic heterocycles. The van der Waals surface area contributed by atoms with Crippen molar-refractivity contribution in [1.82, 2.24) is 10.2 Å². The molecule has 2 heterocycles. The van der Waals surface area contributed by atoms with Gasteiger partial charge in [-0.2, -0.15) is 5.10 Å². The lowest BCUT2D eigenvalue weighted by atomic mass is 9.72. The van der Waals surface area contributed by atoms with Crippen molar-refractivity contribution in [2.24, 2.45) is 0 Å². The number of hydrogen-bond acceptors (Lipinski definition) is 4. The van der Waals surface area contributed by atoms with E-state index in [1.165, 1.54) is 11.1 Å². The second-order valence-electron chi connectivity index (χ2n) is 5.99. The maximum absolute atomic E-state index is 11.6. The number of rotatable bonds is 4. The van der Waals surface area contributed by atoms with Gasteiger partial charge in [-0.1, -0.05) is 35.9 Å². The SMILES string of the molecule is Cc1ccccc1C1(CNc2cn[nH]c(=O)c2Cl)CCOCC1. The number of H-pyrrole nitrogens is 1. The van der Waals surface area contributed by atoms with Crippen LogP contribution in [0.15, 0.2) is 35.3 Å². The molecule has 0 saturated carbocycles. The van der Waals surface area contributed by atoms with Crippen LogP contribution in [0.3, 0.4) is 0 Å². The summed E-state index contributed by atoms with van der Waals surface area (Å²) in [5.41, 5.74) is 2.75. The fourth-order valence-electron chi connectivity index (χ4n) is 3.24. The first-order chi connectivity index (χ1) is 11.1. The van der Waals surface area contributed by atoms with Gasteiger partial charge in [-0.05, 0) is 30.9 Å². The van der Waals surface area contributed by atoms with Crippen LogP contribution in [0.4, 0.5) is 5.69 Å². The van der Waals surface area contributed by atoms with E-state index in [-0.39, 0.29) is 16.0 Å². The van der Waals surface area contributed by atoms with Gasteiger partial charge >= 0.3 is 0 Å². The first-order valence-electron chi connectivity index (χ1n) is 7.73. The maximum Gasteiger partial charge on any atom is 0.285 e. The highest BCUT2D eigenvalue weighted by Gasteiger charge is 2.35. The predicted molar refractivity (Wildman–Crippen MR) is 91.3 cm³/mol. The average molecular weight is 334 g/mol. The van der Waals surface area contributed by atoms with E-state index in [4.69, 9.17) is 16.3 Å². The molecule has 5 nitrogen and oxygen atoms in total. The summed E-state index contributed by atoms with van der Waals surface area (Å²) in [6, 6.07) is 8.44. The van der Waals surface area contributed by atoms with Crippen LogP contribution in [0, 0.1) is 6.92 Å². The van der Waals surface area contributed by atoms with E-state index < -0.39 is 0 Å². The topological polar surface area (TPSA) is 67.0 Å². The quantitative estimate of drug-likeness (QED) is 0.902. The summed E-state index contributed by atoms with van der Waals surface area (Å²) >= 11 is 6.06. The van der Waals surface area contributed by atoms with Crippen molar-refractivity contribution in [3.63, 3.8) is 0 Å². The Morgan fingerprint density at radius 2 is 2.09 bits per heavy atom. The van der Waals surface area contributed by atoms with Crippen LogP contribution in [0.5, 0.6) is 0 Å². The average Bonchev–Trinajstić information content (AvgIpc) is 2.57. The zero-order valence-corrected chi connectivity index (χ0v) is 13.8. The Morgan fingerprint density at radius 3 is 2.83 bits per heavy atom. The molecule has 0 amide bonds. The van der Waals surface area contributed by atoms with E-state index in [0.717, 1.165) is 26.1 Å². The molecule has 2 N–H and O–H groups in total. The zero-order valence-electron chi connectivity index (χ0n) is 13.1. The molecule has 2 aromatic rings. The molecule has 23 heavy (non-hydrogen) atoms. The van der Waals surface area contributed by atoms with E-state index in [0.29, 0.717) is 12.2 Å². The Labute approximate surface area is 140 Å². The number of anilines is 1. The van der Waals surface area contributed by atoms with Crippen molar-refractivity contribution < 1.29 is 4.74 Å². The number of aromatic amines is 1. The standard InChI is InChI=1S/C17H20ClN3O2/c1-12-4-2-3-5-13(12)17(6-8-23-9-7-17)11-19-14-10-20-21-16(22)15(14)18/h2-5,10H,6-9,11H2,1H3,(H2,19,21,22). The molecule has 1 saturated heterocycles. The molecule has 0 unspecified atom stereocenters. The summed E-state index contributed by atoms with van der Waals surface area (Å²) in [6.45, 7) is 4.29. The number of nitrogens with one attached hydrogen (secondary N) is 2. The number of aromatic nitrogens is 2. The molecule has 1 fully saturated rings.